The lowest BCUT2D eigenvalue weighted by Crippen LogP contribution is -2.05. The molecule has 1 N–H and O–H groups in total. The smallest absolute Gasteiger partial charge is 0.161 e. The Morgan fingerprint density at radius 3 is 2.65 bits per heavy atom. The monoisotopic (exact) mass is 329 g/mol. The summed E-state index contributed by atoms with van der Waals surface area (Å²) in [6, 6.07) is 7.95. The van der Waals surface area contributed by atoms with E-state index >= 15 is 0 Å². The number of ether oxygens (including phenoxy) is 2. The van der Waals surface area contributed by atoms with Gasteiger partial charge in [-0.1, -0.05) is 13.0 Å². The molecular formula is C17H19N3O2S. The molecule has 0 atom stereocenters. The van der Waals surface area contributed by atoms with Crippen LogP contribution < -0.4 is 14.8 Å². The predicted octanol–water partition coefficient (Wildman–Crippen LogP) is 3.88. The van der Waals surface area contributed by atoms with Crippen LogP contribution in [0.1, 0.15) is 18.3 Å². The average molecular weight is 329 g/mol. The van der Waals surface area contributed by atoms with Crippen LogP contribution in [0.5, 0.6) is 11.5 Å². The van der Waals surface area contributed by atoms with Gasteiger partial charge in [-0.15, -0.1) is 11.3 Å². The molecule has 2 aromatic heterocycles. The van der Waals surface area contributed by atoms with E-state index in [9.17, 15) is 0 Å². The van der Waals surface area contributed by atoms with Crippen molar-refractivity contribution in [2.24, 2.45) is 0 Å². The molecule has 2 heterocycles. The Balaban J connectivity index is 1.84. The van der Waals surface area contributed by atoms with Crippen molar-refractivity contribution < 1.29 is 9.47 Å². The third-order valence-corrected chi connectivity index (χ3v) is 4.40. The van der Waals surface area contributed by atoms with Gasteiger partial charge in [-0.3, -0.25) is 0 Å². The Kier molecular flexibility index (Phi) is 4.62. The largest absolute Gasteiger partial charge is 0.493 e. The quantitative estimate of drug-likeness (QED) is 0.744. The minimum Gasteiger partial charge on any atom is -0.493 e. The van der Waals surface area contributed by atoms with E-state index in [4.69, 9.17) is 9.47 Å². The van der Waals surface area contributed by atoms with Crippen LogP contribution in [0.2, 0.25) is 0 Å². The Bertz CT molecular complexity index is 817. The van der Waals surface area contributed by atoms with Gasteiger partial charge in [0, 0.05) is 13.0 Å². The maximum absolute atomic E-state index is 5.35. The number of anilines is 1. The molecule has 0 aliphatic carbocycles. The van der Waals surface area contributed by atoms with Crippen molar-refractivity contribution in [2.45, 2.75) is 19.9 Å². The fraction of sp³-hybridized carbons (Fsp3) is 0.294. The number of nitrogens with one attached hydrogen (secondary N) is 1. The van der Waals surface area contributed by atoms with Crippen molar-refractivity contribution in [1.82, 2.24) is 9.97 Å². The molecule has 0 saturated heterocycles. The maximum atomic E-state index is 5.35. The summed E-state index contributed by atoms with van der Waals surface area (Å²) in [5.74, 6) is 3.19. The van der Waals surface area contributed by atoms with Crippen molar-refractivity contribution in [1.29, 1.82) is 0 Å². The molecule has 0 aliphatic rings. The fourth-order valence-corrected chi connectivity index (χ4v) is 3.15. The summed E-state index contributed by atoms with van der Waals surface area (Å²) in [5, 5.41) is 6.52. The molecule has 0 bridgehead atoms. The molecule has 0 radical (unpaired) electrons. The molecule has 0 amide bonds. The van der Waals surface area contributed by atoms with Crippen LogP contribution >= 0.6 is 11.3 Å². The van der Waals surface area contributed by atoms with Crippen molar-refractivity contribution in [2.75, 3.05) is 19.5 Å². The normalized spacial score (nSPS) is 10.7. The molecule has 3 rings (SSSR count). The lowest BCUT2D eigenvalue weighted by molar-refractivity contribution is 0.354. The number of fused-ring (bicyclic) bond motifs is 1. The van der Waals surface area contributed by atoms with Crippen LogP contribution in [0.25, 0.3) is 10.2 Å². The zero-order chi connectivity index (χ0) is 16.2. The highest BCUT2D eigenvalue weighted by atomic mass is 32.1. The van der Waals surface area contributed by atoms with Crippen molar-refractivity contribution in [3.63, 3.8) is 0 Å². The Hall–Kier alpha value is -2.34. The van der Waals surface area contributed by atoms with Crippen LogP contribution in [0.3, 0.4) is 0 Å². The van der Waals surface area contributed by atoms with Gasteiger partial charge in [0.2, 0.25) is 0 Å². The first kappa shape index (κ1) is 15.6. The van der Waals surface area contributed by atoms with Gasteiger partial charge in [-0.2, -0.15) is 0 Å². The minimum absolute atomic E-state index is 0.658. The zero-order valence-electron chi connectivity index (χ0n) is 13.4. The Labute approximate surface area is 139 Å². The van der Waals surface area contributed by atoms with E-state index in [1.54, 1.807) is 25.6 Å². The molecule has 23 heavy (non-hydrogen) atoms. The minimum atomic E-state index is 0.658. The predicted molar refractivity (Wildman–Crippen MR) is 93.7 cm³/mol. The van der Waals surface area contributed by atoms with E-state index in [1.165, 1.54) is 0 Å². The van der Waals surface area contributed by atoms with Crippen molar-refractivity contribution in [3.8, 4) is 11.5 Å². The Morgan fingerprint density at radius 2 is 1.91 bits per heavy atom. The second kappa shape index (κ2) is 6.83. The zero-order valence-corrected chi connectivity index (χ0v) is 14.2. The first-order chi connectivity index (χ1) is 11.2. The lowest BCUT2D eigenvalue weighted by atomic mass is 10.2. The number of thiophene rings is 1. The maximum Gasteiger partial charge on any atom is 0.161 e. The summed E-state index contributed by atoms with van der Waals surface area (Å²) in [7, 11) is 3.28. The molecule has 5 nitrogen and oxygen atoms in total. The van der Waals surface area contributed by atoms with E-state index in [0.29, 0.717) is 6.54 Å². The highest BCUT2D eigenvalue weighted by molar-refractivity contribution is 7.16. The van der Waals surface area contributed by atoms with Crippen LogP contribution in [-0.4, -0.2) is 24.2 Å². The van der Waals surface area contributed by atoms with Crippen LogP contribution in [0.15, 0.2) is 29.6 Å². The first-order valence-electron chi connectivity index (χ1n) is 7.44. The molecule has 0 fully saturated rings. The highest BCUT2D eigenvalue weighted by Gasteiger charge is 2.09. The Morgan fingerprint density at radius 1 is 1.09 bits per heavy atom. The van der Waals surface area contributed by atoms with Crippen molar-refractivity contribution in [3.05, 3.63) is 41.0 Å². The number of rotatable bonds is 6. The summed E-state index contributed by atoms with van der Waals surface area (Å²) in [6.07, 6.45) is 0.818. The lowest BCUT2D eigenvalue weighted by Gasteiger charge is -2.11. The molecule has 0 unspecified atom stereocenters. The van der Waals surface area contributed by atoms with Gasteiger partial charge in [0.05, 0.1) is 19.6 Å². The number of methoxy groups -OCH3 is 2. The summed E-state index contributed by atoms with van der Waals surface area (Å²) in [5.41, 5.74) is 1.10. The fourth-order valence-electron chi connectivity index (χ4n) is 2.37. The number of nitrogens with zero attached hydrogens (tertiary/aromatic N) is 2. The van der Waals surface area contributed by atoms with Crippen LogP contribution in [0.4, 0.5) is 5.82 Å². The first-order valence-corrected chi connectivity index (χ1v) is 8.32. The van der Waals surface area contributed by atoms with Gasteiger partial charge >= 0.3 is 0 Å². The number of hydrogen-bond acceptors (Lipinski definition) is 6. The summed E-state index contributed by atoms with van der Waals surface area (Å²) < 4.78 is 10.6. The number of aryl methyl sites for hydroxylation is 1. The third kappa shape index (κ3) is 3.22. The summed E-state index contributed by atoms with van der Waals surface area (Å²) >= 11 is 1.64. The molecule has 120 valence electrons. The van der Waals surface area contributed by atoms with Crippen LogP contribution in [-0.2, 0) is 13.0 Å². The second-order valence-corrected chi connectivity index (χ2v) is 5.92. The van der Waals surface area contributed by atoms with Gasteiger partial charge in [0.1, 0.15) is 16.5 Å². The van der Waals surface area contributed by atoms with Crippen LogP contribution in [0, 0.1) is 0 Å². The van der Waals surface area contributed by atoms with E-state index < -0.39 is 0 Å². The molecular weight excluding hydrogens is 310 g/mol. The molecule has 3 aromatic rings. The highest BCUT2D eigenvalue weighted by Crippen LogP contribution is 2.29. The van der Waals surface area contributed by atoms with E-state index in [1.807, 2.05) is 23.6 Å². The van der Waals surface area contributed by atoms with Gasteiger partial charge < -0.3 is 14.8 Å². The van der Waals surface area contributed by atoms with Gasteiger partial charge in [0.25, 0.3) is 0 Å². The van der Waals surface area contributed by atoms with E-state index in [0.717, 1.165) is 45.3 Å². The van der Waals surface area contributed by atoms with E-state index in [2.05, 4.69) is 28.3 Å². The summed E-state index contributed by atoms with van der Waals surface area (Å²) in [4.78, 5) is 10.2. The molecule has 0 aliphatic heterocycles. The number of aromatic nitrogens is 2. The SMILES string of the molecule is CCc1nc(NCc2ccc(OC)c(OC)c2)c2ccsc2n1. The molecule has 6 heteroatoms. The third-order valence-electron chi connectivity index (χ3n) is 3.60. The van der Waals surface area contributed by atoms with Gasteiger partial charge in [-0.25, -0.2) is 9.97 Å². The topological polar surface area (TPSA) is 56.3 Å². The molecule has 0 spiro atoms. The number of hydrogen-bond donors (Lipinski definition) is 1. The average Bonchev–Trinajstić information content (AvgIpc) is 3.07. The standard InChI is InChI=1S/C17H19N3O2S/c1-4-15-19-16(12-7-8-23-17(12)20-15)18-10-11-5-6-13(21-2)14(9-11)22-3/h5-9H,4,10H2,1-3H3,(H,18,19,20). The number of benzene rings is 1. The summed E-state index contributed by atoms with van der Waals surface area (Å²) in [6.45, 7) is 2.72. The van der Waals surface area contributed by atoms with Crippen molar-refractivity contribution >= 4 is 27.4 Å². The van der Waals surface area contributed by atoms with Gasteiger partial charge in [0.15, 0.2) is 11.5 Å². The molecule has 1 aromatic carbocycles. The second-order valence-electron chi connectivity index (χ2n) is 5.02. The molecule has 0 saturated carbocycles. The van der Waals surface area contributed by atoms with E-state index in [-0.39, 0.29) is 0 Å². The van der Waals surface area contributed by atoms with Gasteiger partial charge in [-0.05, 0) is 29.1 Å².